The van der Waals surface area contributed by atoms with Crippen molar-refractivity contribution in [2.75, 3.05) is 6.61 Å². The lowest BCUT2D eigenvalue weighted by molar-refractivity contribution is 0.340. The van der Waals surface area contributed by atoms with Gasteiger partial charge in [0.05, 0.1) is 6.61 Å². The van der Waals surface area contributed by atoms with E-state index in [0.717, 1.165) is 11.3 Å². The van der Waals surface area contributed by atoms with E-state index in [9.17, 15) is 4.79 Å². The highest BCUT2D eigenvalue weighted by atomic mass is 16.5. The molecular weight excluding hydrogens is 194 g/mol. The molecule has 0 radical (unpaired) electrons. The van der Waals surface area contributed by atoms with Crippen molar-refractivity contribution in [2.24, 2.45) is 0 Å². The van der Waals surface area contributed by atoms with Gasteiger partial charge in [0, 0.05) is 5.56 Å². The van der Waals surface area contributed by atoms with Crippen LogP contribution < -0.4 is 10.4 Å². The number of nitrogens with zero attached hydrogens (tertiary/aromatic N) is 1. The Morgan fingerprint density at radius 2 is 2.07 bits per heavy atom. The van der Waals surface area contributed by atoms with Crippen LogP contribution in [0, 0.1) is 0 Å². The smallest absolute Gasteiger partial charge is 0.340 e. The maximum absolute atomic E-state index is 10.8. The molecule has 0 saturated heterocycles. The molecule has 0 aliphatic heterocycles. The van der Waals surface area contributed by atoms with Gasteiger partial charge >= 0.3 is 5.69 Å². The van der Waals surface area contributed by atoms with Crippen molar-refractivity contribution < 1.29 is 4.74 Å². The van der Waals surface area contributed by atoms with Crippen molar-refractivity contribution in [3.05, 3.63) is 34.7 Å². The molecule has 0 spiro atoms. The number of rotatable bonds is 3. The second-order valence-electron chi connectivity index (χ2n) is 2.98. The highest BCUT2D eigenvalue weighted by Gasteiger charge is 2.01. The Morgan fingerprint density at radius 1 is 1.33 bits per heavy atom. The van der Waals surface area contributed by atoms with E-state index < -0.39 is 0 Å². The molecule has 0 fully saturated rings. The monoisotopic (exact) mass is 205 g/mol. The molecule has 0 amide bonds. The Hall–Kier alpha value is -2.04. The molecule has 0 aliphatic rings. The number of ether oxygens (including phenoxy) is 1. The third kappa shape index (κ3) is 2.07. The third-order valence-electron chi connectivity index (χ3n) is 1.94. The third-order valence-corrected chi connectivity index (χ3v) is 1.94. The molecule has 0 bridgehead atoms. The van der Waals surface area contributed by atoms with Crippen LogP contribution in [0.4, 0.5) is 0 Å². The fourth-order valence-electron chi connectivity index (χ4n) is 1.28. The summed E-state index contributed by atoms with van der Waals surface area (Å²) >= 11 is 0. The summed E-state index contributed by atoms with van der Waals surface area (Å²) in [4.78, 5) is 13.4. The molecule has 15 heavy (non-hydrogen) atoms. The Labute approximate surface area is 86.1 Å². The quantitative estimate of drug-likeness (QED) is 0.789. The van der Waals surface area contributed by atoms with Gasteiger partial charge in [0.2, 0.25) is 0 Å². The summed E-state index contributed by atoms with van der Waals surface area (Å²) in [7, 11) is 0. The first kappa shape index (κ1) is 9.51. The molecule has 1 aromatic carbocycles. The highest BCUT2D eigenvalue weighted by molar-refractivity contribution is 5.55. The second-order valence-corrected chi connectivity index (χ2v) is 2.98. The Morgan fingerprint density at radius 3 is 2.60 bits per heavy atom. The summed E-state index contributed by atoms with van der Waals surface area (Å²) in [5, 5.41) is 6.14. The molecule has 2 aromatic rings. The molecule has 5 heteroatoms. The SMILES string of the molecule is CCOc1ccc(-c2n[nH]c(=O)[nH]2)cc1. The molecule has 78 valence electrons. The molecule has 1 heterocycles. The zero-order chi connectivity index (χ0) is 10.7. The summed E-state index contributed by atoms with van der Waals surface area (Å²) in [6.07, 6.45) is 0. The fourth-order valence-corrected chi connectivity index (χ4v) is 1.28. The molecule has 0 saturated carbocycles. The molecule has 5 nitrogen and oxygen atoms in total. The van der Waals surface area contributed by atoms with Crippen molar-refractivity contribution in [2.45, 2.75) is 6.92 Å². The van der Waals surface area contributed by atoms with Gasteiger partial charge in [0.15, 0.2) is 5.82 Å². The predicted octanol–water partition coefficient (Wildman–Crippen LogP) is 1.16. The molecule has 0 unspecified atom stereocenters. The summed E-state index contributed by atoms with van der Waals surface area (Å²) in [6, 6.07) is 7.37. The van der Waals surface area contributed by atoms with Gasteiger partial charge in [-0.3, -0.25) is 4.98 Å². The first-order valence-electron chi connectivity index (χ1n) is 4.67. The lowest BCUT2D eigenvalue weighted by atomic mass is 10.2. The van der Waals surface area contributed by atoms with Gasteiger partial charge in [-0.15, -0.1) is 0 Å². The van der Waals surface area contributed by atoms with Crippen molar-refractivity contribution >= 4 is 0 Å². The average Bonchev–Trinajstić information content (AvgIpc) is 2.67. The van der Waals surface area contributed by atoms with Gasteiger partial charge in [-0.25, -0.2) is 9.89 Å². The van der Waals surface area contributed by atoms with E-state index in [4.69, 9.17) is 4.74 Å². The first-order valence-corrected chi connectivity index (χ1v) is 4.67. The van der Waals surface area contributed by atoms with Crippen molar-refractivity contribution in [3.8, 4) is 17.1 Å². The largest absolute Gasteiger partial charge is 0.494 e. The fraction of sp³-hybridized carbons (Fsp3) is 0.200. The van der Waals surface area contributed by atoms with Crippen LogP contribution in [0.25, 0.3) is 11.4 Å². The van der Waals surface area contributed by atoms with Crippen LogP contribution in [0.15, 0.2) is 29.1 Å². The molecule has 1 aromatic heterocycles. The Balaban J connectivity index is 2.27. The van der Waals surface area contributed by atoms with Crippen LogP contribution in [0.3, 0.4) is 0 Å². The summed E-state index contributed by atoms with van der Waals surface area (Å²) in [6.45, 7) is 2.57. The van der Waals surface area contributed by atoms with Crippen molar-refractivity contribution in [1.82, 2.24) is 15.2 Å². The van der Waals surface area contributed by atoms with E-state index in [-0.39, 0.29) is 5.69 Å². The Bertz CT molecular complexity index is 484. The maximum atomic E-state index is 10.8. The molecule has 0 atom stereocenters. The summed E-state index contributed by atoms with van der Waals surface area (Å²) < 4.78 is 5.30. The van der Waals surface area contributed by atoms with Gasteiger partial charge in [0.25, 0.3) is 0 Å². The van der Waals surface area contributed by atoms with Crippen LogP contribution in [0.2, 0.25) is 0 Å². The Kier molecular flexibility index (Phi) is 2.53. The predicted molar refractivity (Wildman–Crippen MR) is 55.8 cm³/mol. The van der Waals surface area contributed by atoms with E-state index in [2.05, 4.69) is 15.2 Å². The number of hydrogen-bond donors (Lipinski definition) is 2. The zero-order valence-corrected chi connectivity index (χ0v) is 8.28. The topological polar surface area (TPSA) is 70.8 Å². The number of aromatic amines is 2. The number of benzene rings is 1. The van der Waals surface area contributed by atoms with Crippen LogP contribution in [0.5, 0.6) is 5.75 Å². The lowest BCUT2D eigenvalue weighted by Gasteiger charge is -2.02. The number of hydrogen-bond acceptors (Lipinski definition) is 3. The van der Waals surface area contributed by atoms with Crippen molar-refractivity contribution in [3.63, 3.8) is 0 Å². The normalized spacial score (nSPS) is 10.2. The molecule has 2 rings (SSSR count). The summed E-state index contributed by atoms with van der Waals surface area (Å²) in [5.41, 5.74) is 0.538. The van der Waals surface area contributed by atoms with Crippen LogP contribution in [-0.2, 0) is 0 Å². The minimum atomic E-state index is -0.307. The van der Waals surface area contributed by atoms with Gasteiger partial charge in [-0.05, 0) is 31.2 Å². The molecule has 2 N–H and O–H groups in total. The number of H-pyrrole nitrogens is 2. The van der Waals surface area contributed by atoms with Crippen molar-refractivity contribution in [1.29, 1.82) is 0 Å². The van der Waals surface area contributed by atoms with Crippen LogP contribution in [-0.4, -0.2) is 21.8 Å². The van der Waals surface area contributed by atoms with E-state index in [1.54, 1.807) is 0 Å². The van der Waals surface area contributed by atoms with Crippen LogP contribution in [0.1, 0.15) is 6.92 Å². The minimum absolute atomic E-state index is 0.307. The molecule has 0 aliphatic carbocycles. The van der Waals surface area contributed by atoms with Gasteiger partial charge in [0.1, 0.15) is 5.75 Å². The maximum Gasteiger partial charge on any atom is 0.340 e. The number of aromatic nitrogens is 3. The first-order chi connectivity index (χ1) is 7.29. The minimum Gasteiger partial charge on any atom is -0.494 e. The van der Waals surface area contributed by atoms with Crippen LogP contribution >= 0.6 is 0 Å². The van der Waals surface area contributed by atoms with E-state index in [0.29, 0.717) is 12.4 Å². The average molecular weight is 205 g/mol. The van der Waals surface area contributed by atoms with Gasteiger partial charge in [-0.1, -0.05) is 0 Å². The van der Waals surface area contributed by atoms with Gasteiger partial charge in [-0.2, -0.15) is 5.10 Å². The van der Waals surface area contributed by atoms with E-state index >= 15 is 0 Å². The standard InChI is InChI=1S/C10H11N3O2/c1-2-15-8-5-3-7(4-6-8)9-11-10(14)13-12-9/h3-6H,2H2,1H3,(H2,11,12,13,14). The molecular formula is C10H11N3O2. The second kappa shape index (κ2) is 4.00. The lowest BCUT2D eigenvalue weighted by Crippen LogP contribution is -2.00. The highest BCUT2D eigenvalue weighted by Crippen LogP contribution is 2.17. The zero-order valence-electron chi connectivity index (χ0n) is 8.28. The van der Waals surface area contributed by atoms with Gasteiger partial charge < -0.3 is 4.74 Å². The van der Waals surface area contributed by atoms with E-state index in [1.165, 1.54) is 0 Å². The summed E-state index contributed by atoms with van der Waals surface area (Å²) in [5.74, 6) is 1.34. The van der Waals surface area contributed by atoms with E-state index in [1.807, 2.05) is 31.2 Å². The number of nitrogens with one attached hydrogen (secondary N) is 2.